The third-order valence-corrected chi connectivity index (χ3v) is 4.81. The summed E-state index contributed by atoms with van der Waals surface area (Å²) in [6.07, 6.45) is 4.11. The number of likely N-dealkylation sites (tertiary alicyclic amines) is 1. The Balaban J connectivity index is 1.35. The summed E-state index contributed by atoms with van der Waals surface area (Å²) in [5, 5.41) is 4.21. The Hall–Kier alpha value is -2.53. The van der Waals surface area contributed by atoms with E-state index in [0.29, 0.717) is 5.92 Å². The van der Waals surface area contributed by atoms with Gasteiger partial charge in [-0.15, -0.1) is 0 Å². The smallest absolute Gasteiger partial charge is 0.151 e. The predicted octanol–water partition coefficient (Wildman–Crippen LogP) is 3.82. The summed E-state index contributed by atoms with van der Waals surface area (Å²) in [6.45, 7) is 4.87. The van der Waals surface area contributed by atoms with Gasteiger partial charge in [0.1, 0.15) is 11.5 Å². The van der Waals surface area contributed by atoms with Crippen molar-refractivity contribution in [3.63, 3.8) is 0 Å². The number of benzene rings is 1. The minimum Gasteiger partial charge on any atom is -0.359 e. The van der Waals surface area contributed by atoms with Crippen molar-refractivity contribution < 1.29 is 4.52 Å². The van der Waals surface area contributed by atoms with Gasteiger partial charge in [-0.05, 0) is 38.9 Å². The minimum atomic E-state index is 0.535. The first kappa shape index (κ1) is 16.0. The zero-order valence-electron chi connectivity index (χ0n) is 14.4. The molecule has 3 aromatic rings. The molecule has 2 aromatic heterocycles. The van der Waals surface area contributed by atoms with Crippen LogP contribution >= 0.6 is 0 Å². The van der Waals surface area contributed by atoms with Crippen LogP contribution in [0.4, 0.5) is 0 Å². The summed E-state index contributed by atoms with van der Waals surface area (Å²) in [5.74, 6) is 2.32. The van der Waals surface area contributed by atoms with E-state index in [4.69, 9.17) is 4.52 Å². The van der Waals surface area contributed by atoms with Crippen LogP contribution in [-0.2, 0) is 6.54 Å². The monoisotopic (exact) mass is 334 g/mol. The first-order valence-corrected chi connectivity index (χ1v) is 8.81. The maximum atomic E-state index is 5.54. The molecule has 1 saturated heterocycles. The van der Waals surface area contributed by atoms with E-state index in [1.807, 2.05) is 31.3 Å². The number of piperidine rings is 1. The first-order valence-electron chi connectivity index (χ1n) is 8.81. The molecule has 0 aliphatic carbocycles. The fourth-order valence-corrected chi connectivity index (χ4v) is 3.44. The molecule has 0 atom stereocenters. The van der Waals surface area contributed by atoms with Crippen LogP contribution in [0.2, 0.25) is 0 Å². The molecule has 5 nitrogen and oxygen atoms in total. The predicted molar refractivity (Wildman–Crippen MR) is 96.0 cm³/mol. The summed E-state index contributed by atoms with van der Waals surface area (Å²) >= 11 is 0. The van der Waals surface area contributed by atoms with Crippen molar-refractivity contribution in [1.82, 2.24) is 20.0 Å². The first-order chi connectivity index (χ1) is 12.3. The largest absolute Gasteiger partial charge is 0.359 e. The van der Waals surface area contributed by atoms with E-state index in [9.17, 15) is 0 Å². The zero-order chi connectivity index (χ0) is 17.1. The molecule has 1 aliphatic rings. The number of hydrogen-bond donors (Lipinski definition) is 0. The van der Waals surface area contributed by atoms with Crippen molar-refractivity contribution in [3.8, 4) is 11.3 Å². The van der Waals surface area contributed by atoms with Gasteiger partial charge in [0.15, 0.2) is 5.76 Å². The molecule has 4 rings (SSSR count). The summed E-state index contributed by atoms with van der Waals surface area (Å²) in [6, 6.07) is 14.2. The summed E-state index contributed by atoms with van der Waals surface area (Å²) in [4.78, 5) is 11.2. The Bertz CT molecular complexity index is 822. The zero-order valence-corrected chi connectivity index (χ0v) is 14.4. The second-order valence-electron chi connectivity index (χ2n) is 6.62. The van der Waals surface area contributed by atoms with Crippen LogP contribution in [-0.4, -0.2) is 33.1 Å². The molecule has 1 fully saturated rings. The molecule has 128 valence electrons. The number of aryl methyl sites for hydroxylation is 1. The van der Waals surface area contributed by atoms with Crippen molar-refractivity contribution >= 4 is 0 Å². The summed E-state index contributed by atoms with van der Waals surface area (Å²) in [7, 11) is 0. The van der Waals surface area contributed by atoms with Crippen molar-refractivity contribution in [2.45, 2.75) is 32.2 Å². The molecule has 0 amide bonds. The van der Waals surface area contributed by atoms with E-state index < -0.39 is 0 Å². The standard InChI is InChI=1S/C20H22N4O/c1-15-21-10-7-19(22-15)17-8-11-24(12-9-17)14-18-13-20(23-25-18)16-5-3-2-4-6-16/h2-7,10,13,17H,8-9,11-12,14H2,1H3. The molecular formula is C20H22N4O. The van der Waals surface area contributed by atoms with E-state index in [1.165, 1.54) is 5.69 Å². The normalized spacial score (nSPS) is 16.2. The highest BCUT2D eigenvalue weighted by Gasteiger charge is 2.22. The average molecular weight is 334 g/mol. The van der Waals surface area contributed by atoms with Crippen molar-refractivity contribution in [1.29, 1.82) is 0 Å². The molecule has 0 spiro atoms. The second-order valence-corrected chi connectivity index (χ2v) is 6.62. The lowest BCUT2D eigenvalue weighted by Gasteiger charge is -2.30. The summed E-state index contributed by atoms with van der Waals surface area (Å²) < 4.78 is 5.54. The van der Waals surface area contributed by atoms with Crippen LogP contribution in [0, 0.1) is 6.92 Å². The number of hydrogen-bond acceptors (Lipinski definition) is 5. The Morgan fingerprint density at radius 1 is 1.12 bits per heavy atom. The van der Waals surface area contributed by atoms with Gasteiger partial charge < -0.3 is 4.52 Å². The number of aromatic nitrogens is 3. The van der Waals surface area contributed by atoms with Crippen molar-refractivity contribution in [2.24, 2.45) is 0 Å². The topological polar surface area (TPSA) is 55.1 Å². The van der Waals surface area contributed by atoms with Gasteiger partial charge in [-0.25, -0.2) is 9.97 Å². The third kappa shape index (κ3) is 3.77. The van der Waals surface area contributed by atoms with Gasteiger partial charge in [-0.2, -0.15) is 0 Å². The van der Waals surface area contributed by atoms with Crippen LogP contribution in [0.5, 0.6) is 0 Å². The molecule has 3 heterocycles. The van der Waals surface area contributed by atoms with Gasteiger partial charge in [0, 0.05) is 29.4 Å². The maximum Gasteiger partial charge on any atom is 0.151 e. The third-order valence-electron chi connectivity index (χ3n) is 4.81. The van der Waals surface area contributed by atoms with E-state index in [2.05, 4.69) is 44.3 Å². The molecule has 0 N–H and O–H groups in total. The highest BCUT2D eigenvalue weighted by molar-refractivity contribution is 5.58. The quantitative estimate of drug-likeness (QED) is 0.726. The molecular weight excluding hydrogens is 312 g/mol. The molecule has 0 radical (unpaired) electrons. The fraction of sp³-hybridized carbons (Fsp3) is 0.350. The molecule has 5 heteroatoms. The lowest BCUT2D eigenvalue weighted by molar-refractivity contribution is 0.183. The van der Waals surface area contributed by atoms with E-state index in [1.54, 1.807) is 0 Å². The maximum absolute atomic E-state index is 5.54. The summed E-state index contributed by atoms with van der Waals surface area (Å²) in [5.41, 5.74) is 3.18. The van der Waals surface area contributed by atoms with Crippen molar-refractivity contribution in [2.75, 3.05) is 13.1 Å². The lowest BCUT2D eigenvalue weighted by Crippen LogP contribution is -2.32. The second kappa shape index (κ2) is 7.15. The van der Waals surface area contributed by atoms with Crippen LogP contribution in [0.15, 0.2) is 53.2 Å². The molecule has 0 saturated carbocycles. The van der Waals surface area contributed by atoms with Gasteiger partial charge in [-0.3, -0.25) is 4.90 Å². The van der Waals surface area contributed by atoms with Crippen LogP contribution < -0.4 is 0 Å². The Kier molecular flexibility index (Phi) is 4.57. The number of rotatable bonds is 4. The molecule has 1 aliphatic heterocycles. The van der Waals surface area contributed by atoms with E-state index >= 15 is 0 Å². The van der Waals surface area contributed by atoms with Gasteiger partial charge in [0.05, 0.1) is 6.54 Å². The Morgan fingerprint density at radius 3 is 2.68 bits per heavy atom. The average Bonchev–Trinajstić information content (AvgIpc) is 3.12. The van der Waals surface area contributed by atoms with Gasteiger partial charge in [0.2, 0.25) is 0 Å². The van der Waals surface area contributed by atoms with Gasteiger partial charge in [-0.1, -0.05) is 35.5 Å². The molecule has 0 unspecified atom stereocenters. The Morgan fingerprint density at radius 2 is 1.92 bits per heavy atom. The minimum absolute atomic E-state index is 0.535. The van der Waals surface area contributed by atoms with Gasteiger partial charge >= 0.3 is 0 Å². The highest BCUT2D eigenvalue weighted by atomic mass is 16.5. The van der Waals surface area contributed by atoms with Crippen molar-refractivity contribution in [3.05, 3.63) is 65.9 Å². The lowest BCUT2D eigenvalue weighted by atomic mass is 9.93. The number of nitrogens with zero attached hydrogens (tertiary/aromatic N) is 4. The van der Waals surface area contributed by atoms with E-state index in [0.717, 1.165) is 55.3 Å². The van der Waals surface area contributed by atoms with Crippen LogP contribution in [0.1, 0.15) is 36.0 Å². The molecule has 1 aromatic carbocycles. The van der Waals surface area contributed by atoms with Gasteiger partial charge in [0.25, 0.3) is 0 Å². The molecule has 25 heavy (non-hydrogen) atoms. The fourth-order valence-electron chi connectivity index (χ4n) is 3.44. The van der Waals surface area contributed by atoms with E-state index in [-0.39, 0.29) is 0 Å². The van der Waals surface area contributed by atoms with Crippen LogP contribution in [0.25, 0.3) is 11.3 Å². The molecule has 0 bridgehead atoms. The van der Waals surface area contributed by atoms with Crippen LogP contribution in [0.3, 0.4) is 0 Å². The highest BCUT2D eigenvalue weighted by Crippen LogP contribution is 2.28. The SMILES string of the molecule is Cc1nccc(C2CCN(Cc3cc(-c4ccccc4)no3)CC2)n1. The Labute approximate surface area is 147 Å².